The minimum atomic E-state index is -1.07. The Balaban J connectivity index is 2.45. The quantitative estimate of drug-likeness (QED) is 0.725. The van der Waals surface area contributed by atoms with Crippen molar-refractivity contribution in [3.8, 4) is 0 Å². The van der Waals surface area contributed by atoms with Gasteiger partial charge in [0.05, 0.1) is 10.7 Å². The summed E-state index contributed by atoms with van der Waals surface area (Å²) in [5.41, 5.74) is 0.715. The Morgan fingerprint density at radius 1 is 1.64 bits per heavy atom. The Morgan fingerprint density at radius 2 is 2.43 bits per heavy atom. The Morgan fingerprint density at radius 3 is 3.14 bits per heavy atom. The summed E-state index contributed by atoms with van der Waals surface area (Å²) >= 11 is 5.91. The first kappa shape index (κ1) is 9.48. The molecule has 0 fully saturated rings. The molecule has 0 amide bonds. The van der Waals surface area contributed by atoms with E-state index < -0.39 is 5.97 Å². The highest BCUT2D eigenvalue weighted by molar-refractivity contribution is 6.33. The SMILES string of the molecule is O=C(O)c1nn2c(c1Cl)CNCCC2. The normalized spacial score (nSPS) is 16.1. The van der Waals surface area contributed by atoms with Crippen LogP contribution in [0.2, 0.25) is 5.02 Å². The third-order valence-electron chi connectivity index (χ3n) is 2.21. The van der Waals surface area contributed by atoms with Gasteiger partial charge in [-0.05, 0) is 13.0 Å². The van der Waals surface area contributed by atoms with E-state index in [0.29, 0.717) is 6.54 Å². The van der Waals surface area contributed by atoms with Gasteiger partial charge in [-0.2, -0.15) is 5.10 Å². The molecule has 0 atom stereocenters. The second-order valence-corrected chi connectivity index (χ2v) is 3.55. The molecular weight excluding hydrogens is 206 g/mol. The van der Waals surface area contributed by atoms with Gasteiger partial charge in [0.1, 0.15) is 0 Å². The van der Waals surface area contributed by atoms with Gasteiger partial charge in [0.25, 0.3) is 0 Å². The lowest BCUT2D eigenvalue weighted by molar-refractivity contribution is 0.0689. The first-order valence-corrected chi connectivity index (χ1v) is 4.77. The van der Waals surface area contributed by atoms with E-state index in [-0.39, 0.29) is 10.7 Å². The van der Waals surface area contributed by atoms with E-state index in [1.165, 1.54) is 0 Å². The molecule has 2 heterocycles. The van der Waals surface area contributed by atoms with Gasteiger partial charge in [0.2, 0.25) is 0 Å². The smallest absolute Gasteiger partial charge is 0.357 e. The Kier molecular flexibility index (Phi) is 2.43. The molecule has 0 saturated heterocycles. The second kappa shape index (κ2) is 3.59. The predicted octanol–water partition coefficient (Wildman–Crippen LogP) is 0.728. The highest BCUT2D eigenvalue weighted by atomic mass is 35.5. The monoisotopic (exact) mass is 215 g/mol. The van der Waals surface area contributed by atoms with Gasteiger partial charge in [-0.3, -0.25) is 4.68 Å². The summed E-state index contributed by atoms with van der Waals surface area (Å²) < 4.78 is 1.67. The zero-order valence-corrected chi connectivity index (χ0v) is 8.21. The van der Waals surface area contributed by atoms with Crippen molar-refractivity contribution in [2.45, 2.75) is 19.5 Å². The fourth-order valence-corrected chi connectivity index (χ4v) is 1.81. The number of aromatic carboxylic acids is 1. The summed E-state index contributed by atoms with van der Waals surface area (Å²) in [6.07, 6.45) is 0.935. The van der Waals surface area contributed by atoms with Crippen molar-refractivity contribution < 1.29 is 9.90 Å². The van der Waals surface area contributed by atoms with Crippen molar-refractivity contribution in [2.75, 3.05) is 6.54 Å². The van der Waals surface area contributed by atoms with Crippen LogP contribution in [0.15, 0.2) is 0 Å². The van der Waals surface area contributed by atoms with Crippen molar-refractivity contribution in [1.82, 2.24) is 15.1 Å². The molecule has 1 aromatic rings. The largest absolute Gasteiger partial charge is 0.476 e. The van der Waals surface area contributed by atoms with Crippen LogP contribution in [0.1, 0.15) is 22.6 Å². The minimum absolute atomic E-state index is 0.0506. The van der Waals surface area contributed by atoms with Gasteiger partial charge in [-0.15, -0.1) is 0 Å². The fourth-order valence-electron chi connectivity index (χ4n) is 1.53. The molecule has 0 unspecified atom stereocenters. The number of rotatable bonds is 1. The molecule has 0 spiro atoms. The van der Waals surface area contributed by atoms with Crippen LogP contribution in [-0.4, -0.2) is 27.4 Å². The third kappa shape index (κ3) is 1.49. The molecule has 2 rings (SSSR count). The van der Waals surface area contributed by atoms with E-state index in [9.17, 15) is 4.79 Å². The number of nitrogens with one attached hydrogen (secondary N) is 1. The highest BCUT2D eigenvalue weighted by Gasteiger charge is 2.21. The number of hydrogen-bond donors (Lipinski definition) is 2. The molecule has 0 aromatic carbocycles. The number of carboxylic acids is 1. The van der Waals surface area contributed by atoms with E-state index in [1.54, 1.807) is 4.68 Å². The van der Waals surface area contributed by atoms with Crippen molar-refractivity contribution >= 4 is 17.6 Å². The summed E-state index contributed by atoms with van der Waals surface area (Å²) in [5, 5.41) is 16.2. The zero-order chi connectivity index (χ0) is 10.1. The zero-order valence-electron chi connectivity index (χ0n) is 7.46. The van der Waals surface area contributed by atoms with Crippen molar-refractivity contribution in [1.29, 1.82) is 0 Å². The minimum Gasteiger partial charge on any atom is -0.476 e. The molecule has 0 radical (unpaired) electrons. The standard InChI is InChI=1S/C8H10ClN3O2/c9-6-5-4-10-2-1-3-12(5)11-7(6)8(13)14/h10H,1-4H2,(H,13,14). The third-order valence-corrected chi connectivity index (χ3v) is 2.61. The molecule has 5 nitrogen and oxygen atoms in total. The molecule has 6 heteroatoms. The van der Waals surface area contributed by atoms with Crippen molar-refractivity contribution in [3.63, 3.8) is 0 Å². The molecule has 1 aromatic heterocycles. The van der Waals surface area contributed by atoms with Crippen LogP contribution >= 0.6 is 11.6 Å². The first-order valence-electron chi connectivity index (χ1n) is 4.39. The van der Waals surface area contributed by atoms with Crippen LogP contribution in [-0.2, 0) is 13.1 Å². The number of fused-ring (bicyclic) bond motifs is 1. The fraction of sp³-hybridized carbons (Fsp3) is 0.500. The predicted molar refractivity (Wildman–Crippen MR) is 50.5 cm³/mol. The summed E-state index contributed by atoms with van der Waals surface area (Å²) in [5.74, 6) is -1.07. The topological polar surface area (TPSA) is 67.1 Å². The summed E-state index contributed by atoms with van der Waals surface area (Å²) in [7, 11) is 0. The van der Waals surface area contributed by atoms with E-state index in [2.05, 4.69) is 10.4 Å². The van der Waals surface area contributed by atoms with Crippen LogP contribution < -0.4 is 5.32 Å². The van der Waals surface area contributed by atoms with Gasteiger partial charge in [0, 0.05) is 13.1 Å². The molecule has 0 saturated carbocycles. The van der Waals surface area contributed by atoms with Crippen molar-refractivity contribution in [2.24, 2.45) is 0 Å². The number of halogens is 1. The maximum atomic E-state index is 10.7. The van der Waals surface area contributed by atoms with Gasteiger partial charge >= 0.3 is 5.97 Å². The van der Waals surface area contributed by atoms with Gasteiger partial charge in [-0.25, -0.2) is 4.79 Å². The first-order chi connectivity index (χ1) is 6.70. The number of aromatic nitrogens is 2. The van der Waals surface area contributed by atoms with Gasteiger partial charge < -0.3 is 10.4 Å². The average molecular weight is 216 g/mol. The van der Waals surface area contributed by atoms with Crippen LogP contribution in [0.4, 0.5) is 0 Å². The maximum absolute atomic E-state index is 10.7. The van der Waals surface area contributed by atoms with Gasteiger partial charge in [-0.1, -0.05) is 11.6 Å². The van der Waals surface area contributed by atoms with E-state index >= 15 is 0 Å². The Labute approximate surface area is 85.7 Å². The summed E-state index contributed by atoms with van der Waals surface area (Å²) in [6.45, 7) is 2.20. The van der Waals surface area contributed by atoms with Crippen LogP contribution in [0.25, 0.3) is 0 Å². The van der Waals surface area contributed by atoms with Crippen LogP contribution in [0.3, 0.4) is 0 Å². The van der Waals surface area contributed by atoms with E-state index in [4.69, 9.17) is 16.7 Å². The molecule has 1 aliphatic heterocycles. The average Bonchev–Trinajstić information content (AvgIpc) is 2.37. The highest BCUT2D eigenvalue weighted by Crippen LogP contribution is 2.22. The lowest BCUT2D eigenvalue weighted by Crippen LogP contribution is -2.12. The lowest BCUT2D eigenvalue weighted by atomic mass is 10.3. The molecule has 2 N–H and O–H groups in total. The van der Waals surface area contributed by atoms with E-state index in [1.807, 2.05) is 0 Å². The number of carboxylic acid groups (broad SMARTS) is 1. The number of aryl methyl sites for hydroxylation is 1. The molecular formula is C8H10ClN3O2. The molecule has 0 aliphatic carbocycles. The lowest BCUT2D eigenvalue weighted by Gasteiger charge is -1.99. The Bertz CT molecular complexity index is 375. The number of hydrogen-bond acceptors (Lipinski definition) is 3. The van der Waals surface area contributed by atoms with Crippen LogP contribution in [0, 0.1) is 0 Å². The van der Waals surface area contributed by atoms with Gasteiger partial charge in [0.15, 0.2) is 5.69 Å². The number of carbonyl (C=O) groups is 1. The summed E-state index contributed by atoms with van der Waals surface area (Å²) in [6, 6.07) is 0. The molecule has 14 heavy (non-hydrogen) atoms. The molecule has 0 bridgehead atoms. The van der Waals surface area contributed by atoms with E-state index in [0.717, 1.165) is 25.2 Å². The van der Waals surface area contributed by atoms with Crippen LogP contribution in [0.5, 0.6) is 0 Å². The second-order valence-electron chi connectivity index (χ2n) is 3.17. The number of nitrogens with zero attached hydrogens (tertiary/aromatic N) is 2. The van der Waals surface area contributed by atoms with Crippen molar-refractivity contribution in [3.05, 3.63) is 16.4 Å². The molecule has 76 valence electrons. The Hall–Kier alpha value is -1.07. The maximum Gasteiger partial charge on any atom is 0.357 e. The molecule has 1 aliphatic rings. The summed E-state index contributed by atoms with van der Waals surface area (Å²) in [4.78, 5) is 10.7.